The maximum atomic E-state index is 11.1. The quantitative estimate of drug-likeness (QED) is 0.726. The molecule has 0 unspecified atom stereocenters. The Morgan fingerprint density at radius 2 is 2.05 bits per heavy atom. The number of nitrogens with two attached hydrogens (primary N) is 1. The third-order valence-electron chi connectivity index (χ3n) is 2.40. The molecule has 0 saturated carbocycles. The van der Waals surface area contributed by atoms with Crippen LogP contribution in [-0.4, -0.2) is 22.9 Å². The number of benzene rings is 1. The number of aryl methyl sites for hydroxylation is 1. The third-order valence-corrected chi connectivity index (χ3v) is 3.41. The second kappa shape index (κ2) is 4.82. The standard InChI is InChI=1S/C11H12N4O3S/c1-7-6-8(2-3-9(7)19(16,17)18)14-10-4-5-13-11(12)15-10/h2-6H,1H3,(H,16,17,18)(H3,12,13,14,15). The molecule has 0 aliphatic rings. The Morgan fingerprint density at radius 3 is 2.63 bits per heavy atom. The summed E-state index contributed by atoms with van der Waals surface area (Å²) in [7, 11) is -4.20. The summed E-state index contributed by atoms with van der Waals surface area (Å²) in [6, 6.07) is 6.05. The van der Waals surface area contributed by atoms with Crippen LogP contribution in [0, 0.1) is 6.92 Å². The van der Waals surface area contributed by atoms with Gasteiger partial charge in [-0.15, -0.1) is 0 Å². The first-order valence-corrected chi connectivity index (χ1v) is 6.74. The summed E-state index contributed by atoms with van der Waals surface area (Å²) in [5.41, 5.74) is 6.50. The molecule has 0 saturated heterocycles. The van der Waals surface area contributed by atoms with E-state index in [-0.39, 0.29) is 10.8 Å². The summed E-state index contributed by atoms with van der Waals surface area (Å²) in [6.07, 6.45) is 1.50. The number of nitrogen functional groups attached to an aromatic ring is 1. The molecule has 0 fully saturated rings. The van der Waals surface area contributed by atoms with Gasteiger partial charge in [0.1, 0.15) is 5.82 Å². The van der Waals surface area contributed by atoms with Crippen molar-refractivity contribution >= 4 is 27.6 Å². The van der Waals surface area contributed by atoms with E-state index in [9.17, 15) is 8.42 Å². The number of nitrogens with one attached hydrogen (secondary N) is 1. The van der Waals surface area contributed by atoms with E-state index < -0.39 is 10.1 Å². The number of hydrogen-bond donors (Lipinski definition) is 3. The molecule has 1 heterocycles. The Morgan fingerprint density at radius 1 is 1.32 bits per heavy atom. The monoisotopic (exact) mass is 280 g/mol. The first-order chi connectivity index (χ1) is 8.86. The molecule has 0 bridgehead atoms. The minimum Gasteiger partial charge on any atom is -0.368 e. The van der Waals surface area contributed by atoms with Gasteiger partial charge in [-0.3, -0.25) is 4.55 Å². The fraction of sp³-hybridized carbons (Fsp3) is 0.0909. The molecule has 1 aromatic heterocycles. The van der Waals surface area contributed by atoms with Crippen LogP contribution in [-0.2, 0) is 10.1 Å². The first kappa shape index (κ1) is 13.2. The average Bonchev–Trinajstić information content (AvgIpc) is 2.27. The number of aromatic nitrogens is 2. The minimum absolute atomic E-state index is 0.125. The van der Waals surface area contributed by atoms with Crippen LogP contribution in [0.1, 0.15) is 5.56 Å². The maximum Gasteiger partial charge on any atom is 0.294 e. The Bertz CT molecular complexity index is 716. The molecular formula is C11H12N4O3S. The number of nitrogens with zero attached hydrogens (tertiary/aromatic N) is 2. The van der Waals surface area contributed by atoms with Crippen LogP contribution in [0.4, 0.5) is 17.5 Å². The van der Waals surface area contributed by atoms with Crippen molar-refractivity contribution in [1.82, 2.24) is 9.97 Å². The van der Waals surface area contributed by atoms with Gasteiger partial charge in [0, 0.05) is 11.9 Å². The second-order valence-corrected chi connectivity index (χ2v) is 5.27. The van der Waals surface area contributed by atoms with Gasteiger partial charge in [-0.2, -0.15) is 13.4 Å². The van der Waals surface area contributed by atoms with Gasteiger partial charge in [0.15, 0.2) is 0 Å². The predicted molar refractivity (Wildman–Crippen MR) is 70.7 cm³/mol. The minimum atomic E-state index is -4.20. The molecule has 8 heteroatoms. The fourth-order valence-corrected chi connectivity index (χ4v) is 2.31. The van der Waals surface area contributed by atoms with Crippen LogP contribution in [0.3, 0.4) is 0 Å². The van der Waals surface area contributed by atoms with E-state index in [1.807, 2.05) is 0 Å². The van der Waals surface area contributed by atoms with Crippen LogP contribution in [0.15, 0.2) is 35.4 Å². The smallest absolute Gasteiger partial charge is 0.294 e. The highest BCUT2D eigenvalue weighted by Gasteiger charge is 2.13. The number of hydrogen-bond acceptors (Lipinski definition) is 6. The summed E-state index contributed by atoms with van der Waals surface area (Å²) in [6.45, 7) is 1.59. The SMILES string of the molecule is Cc1cc(Nc2ccnc(N)n2)ccc1S(=O)(=O)O. The molecule has 0 spiro atoms. The van der Waals surface area contributed by atoms with Crippen LogP contribution < -0.4 is 11.1 Å². The van der Waals surface area contributed by atoms with Crippen molar-refractivity contribution in [2.45, 2.75) is 11.8 Å². The van der Waals surface area contributed by atoms with E-state index in [0.717, 1.165) is 0 Å². The molecule has 0 radical (unpaired) electrons. The van der Waals surface area contributed by atoms with Crippen LogP contribution in [0.5, 0.6) is 0 Å². The lowest BCUT2D eigenvalue weighted by molar-refractivity contribution is 0.482. The van der Waals surface area contributed by atoms with Gasteiger partial charge in [-0.05, 0) is 36.8 Å². The number of anilines is 3. The molecular weight excluding hydrogens is 268 g/mol. The zero-order valence-corrected chi connectivity index (χ0v) is 10.8. The van der Waals surface area contributed by atoms with Crippen LogP contribution >= 0.6 is 0 Å². The van der Waals surface area contributed by atoms with Crippen LogP contribution in [0.25, 0.3) is 0 Å². The molecule has 19 heavy (non-hydrogen) atoms. The van der Waals surface area contributed by atoms with E-state index in [0.29, 0.717) is 17.1 Å². The summed E-state index contributed by atoms with van der Waals surface area (Å²) in [5, 5.41) is 2.96. The molecule has 7 nitrogen and oxygen atoms in total. The zero-order valence-electron chi connectivity index (χ0n) is 10.0. The van der Waals surface area contributed by atoms with E-state index in [1.165, 1.54) is 18.3 Å². The largest absolute Gasteiger partial charge is 0.368 e. The first-order valence-electron chi connectivity index (χ1n) is 5.30. The molecule has 0 amide bonds. The van der Waals surface area contributed by atoms with Gasteiger partial charge in [0.2, 0.25) is 5.95 Å². The molecule has 0 aliphatic heterocycles. The molecule has 1 aromatic carbocycles. The fourth-order valence-electron chi connectivity index (χ4n) is 1.61. The highest BCUT2D eigenvalue weighted by atomic mass is 32.2. The van der Waals surface area contributed by atoms with Gasteiger partial charge in [-0.1, -0.05) is 0 Å². The van der Waals surface area contributed by atoms with Crippen molar-refractivity contribution in [1.29, 1.82) is 0 Å². The summed E-state index contributed by atoms with van der Waals surface area (Å²) in [4.78, 5) is 7.59. The highest BCUT2D eigenvalue weighted by molar-refractivity contribution is 7.85. The van der Waals surface area contributed by atoms with Gasteiger partial charge in [0.05, 0.1) is 4.90 Å². The van der Waals surface area contributed by atoms with E-state index in [1.54, 1.807) is 19.1 Å². The van der Waals surface area contributed by atoms with Crippen molar-refractivity contribution in [3.8, 4) is 0 Å². The van der Waals surface area contributed by atoms with Gasteiger partial charge >= 0.3 is 0 Å². The Kier molecular flexibility index (Phi) is 3.36. The molecule has 0 aliphatic carbocycles. The predicted octanol–water partition coefficient (Wildman–Crippen LogP) is 1.36. The second-order valence-electron chi connectivity index (χ2n) is 3.88. The highest BCUT2D eigenvalue weighted by Crippen LogP contribution is 2.21. The van der Waals surface area contributed by atoms with E-state index in [2.05, 4.69) is 15.3 Å². The lowest BCUT2D eigenvalue weighted by Gasteiger charge is -2.08. The zero-order chi connectivity index (χ0) is 14.0. The summed E-state index contributed by atoms with van der Waals surface area (Å²) >= 11 is 0. The van der Waals surface area contributed by atoms with Gasteiger partial charge in [0.25, 0.3) is 10.1 Å². The maximum absolute atomic E-state index is 11.1. The van der Waals surface area contributed by atoms with Crippen molar-refractivity contribution in [3.63, 3.8) is 0 Å². The van der Waals surface area contributed by atoms with Crippen molar-refractivity contribution < 1.29 is 13.0 Å². The third kappa shape index (κ3) is 3.18. The van der Waals surface area contributed by atoms with Crippen molar-refractivity contribution in [2.24, 2.45) is 0 Å². The lowest BCUT2D eigenvalue weighted by Crippen LogP contribution is -2.02. The van der Waals surface area contributed by atoms with E-state index in [4.69, 9.17) is 10.3 Å². The lowest BCUT2D eigenvalue weighted by atomic mass is 10.2. The topological polar surface area (TPSA) is 118 Å². The van der Waals surface area contributed by atoms with Gasteiger partial charge < -0.3 is 11.1 Å². The Hall–Kier alpha value is -2.19. The molecule has 0 atom stereocenters. The molecule has 100 valence electrons. The number of rotatable bonds is 3. The summed E-state index contributed by atoms with van der Waals surface area (Å²) in [5.74, 6) is 0.628. The van der Waals surface area contributed by atoms with Crippen molar-refractivity contribution in [3.05, 3.63) is 36.0 Å². The summed E-state index contributed by atoms with van der Waals surface area (Å²) < 4.78 is 31.1. The molecule has 4 N–H and O–H groups in total. The normalized spacial score (nSPS) is 11.3. The van der Waals surface area contributed by atoms with Crippen molar-refractivity contribution in [2.75, 3.05) is 11.1 Å². The Balaban J connectivity index is 2.31. The average molecular weight is 280 g/mol. The van der Waals surface area contributed by atoms with Crippen LogP contribution in [0.2, 0.25) is 0 Å². The Labute approximate surface area is 110 Å². The van der Waals surface area contributed by atoms with E-state index >= 15 is 0 Å². The molecule has 2 aromatic rings. The van der Waals surface area contributed by atoms with Gasteiger partial charge in [-0.25, -0.2) is 4.98 Å². The molecule has 2 rings (SSSR count).